The van der Waals surface area contributed by atoms with E-state index >= 15 is 0 Å². The molecular formula is C20H14F2N6O. The molecule has 5 rings (SSSR count). The van der Waals surface area contributed by atoms with E-state index < -0.39 is 11.6 Å². The molecule has 29 heavy (non-hydrogen) atoms. The van der Waals surface area contributed by atoms with Gasteiger partial charge in [-0.25, -0.2) is 23.5 Å². The number of rotatable bonds is 4. The van der Waals surface area contributed by atoms with Crippen LogP contribution in [0.25, 0.3) is 22.1 Å². The summed E-state index contributed by atoms with van der Waals surface area (Å²) in [5.74, 6) is -0.642. The van der Waals surface area contributed by atoms with Gasteiger partial charge in [0.2, 0.25) is 0 Å². The van der Waals surface area contributed by atoms with Crippen molar-refractivity contribution in [2.45, 2.75) is 6.54 Å². The lowest BCUT2D eigenvalue weighted by Gasteiger charge is -2.09. The SMILES string of the molecule is O=c1[nH]c2ccc(Nc3ncnc4c3ccn4Cc3ccc(F)cc3F)cc2[nH]1. The van der Waals surface area contributed by atoms with Gasteiger partial charge in [0, 0.05) is 23.5 Å². The van der Waals surface area contributed by atoms with Crippen LogP contribution in [0.15, 0.2) is 59.8 Å². The van der Waals surface area contributed by atoms with E-state index in [1.54, 1.807) is 22.9 Å². The fourth-order valence-electron chi connectivity index (χ4n) is 3.31. The molecule has 0 saturated heterocycles. The maximum atomic E-state index is 14.0. The second-order valence-corrected chi connectivity index (χ2v) is 6.60. The topological polar surface area (TPSA) is 91.4 Å². The van der Waals surface area contributed by atoms with Crippen LogP contribution < -0.4 is 11.0 Å². The lowest BCUT2D eigenvalue weighted by Crippen LogP contribution is -2.03. The Labute approximate surface area is 162 Å². The summed E-state index contributed by atoms with van der Waals surface area (Å²) < 4.78 is 28.9. The third-order valence-corrected chi connectivity index (χ3v) is 4.69. The van der Waals surface area contributed by atoms with Gasteiger partial charge in [-0.3, -0.25) is 0 Å². The van der Waals surface area contributed by atoms with Crippen molar-refractivity contribution in [2.24, 2.45) is 0 Å². The van der Waals surface area contributed by atoms with Crippen LogP contribution in [-0.4, -0.2) is 24.5 Å². The number of aromatic amines is 2. The van der Waals surface area contributed by atoms with E-state index in [2.05, 4.69) is 25.3 Å². The summed E-state index contributed by atoms with van der Waals surface area (Å²) >= 11 is 0. The number of hydrogen-bond acceptors (Lipinski definition) is 4. The maximum Gasteiger partial charge on any atom is 0.323 e. The summed E-state index contributed by atoms with van der Waals surface area (Å²) in [5.41, 5.74) is 2.83. The maximum absolute atomic E-state index is 14.0. The second kappa shape index (κ2) is 6.55. The molecule has 0 amide bonds. The molecule has 0 aliphatic rings. The standard InChI is InChI=1S/C20H14F2N6O/c21-12-2-1-11(15(22)7-12)9-28-6-5-14-18(23-10-24-19(14)28)25-13-3-4-16-17(8-13)27-20(29)26-16/h1-8,10H,9H2,(H,23,24,25)(H2,26,27,29). The smallest absolute Gasteiger partial charge is 0.323 e. The first-order chi connectivity index (χ1) is 14.1. The molecule has 0 aliphatic carbocycles. The predicted molar refractivity (Wildman–Crippen MR) is 105 cm³/mol. The van der Waals surface area contributed by atoms with Crippen molar-refractivity contribution in [1.82, 2.24) is 24.5 Å². The molecule has 0 atom stereocenters. The molecule has 5 aromatic rings. The number of hydrogen-bond donors (Lipinski definition) is 3. The summed E-state index contributed by atoms with van der Waals surface area (Å²) in [4.78, 5) is 25.4. The van der Waals surface area contributed by atoms with Crippen molar-refractivity contribution in [3.8, 4) is 0 Å². The average molecular weight is 392 g/mol. The first kappa shape index (κ1) is 17.1. The molecule has 0 saturated carbocycles. The predicted octanol–water partition coefficient (Wildman–Crippen LogP) is 3.67. The van der Waals surface area contributed by atoms with E-state index in [4.69, 9.17) is 0 Å². The number of fused-ring (bicyclic) bond motifs is 2. The summed E-state index contributed by atoms with van der Waals surface area (Å²) in [6, 6.07) is 10.8. The molecule has 0 spiro atoms. The Kier molecular flexibility index (Phi) is 3.87. The summed E-state index contributed by atoms with van der Waals surface area (Å²) in [6.07, 6.45) is 3.19. The molecule has 0 bridgehead atoms. The Morgan fingerprint density at radius 3 is 2.72 bits per heavy atom. The van der Waals surface area contributed by atoms with E-state index in [0.717, 1.165) is 17.1 Å². The Morgan fingerprint density at radius 2 is 1.86 bits per heavy atom. The Hall–Kier alpha value is -4.01. The van der Waals surface area contributed by atoms with Gasteiger partial charge in [-0.05, 0) is 30.3 Å². The number of nitrogens with zero attached hydrogens (tertiary/aromatic N) is 3. The molecule has 0 fully saturated rings. The van der Waals surface area contributed by atoms with Crippen molar-refractivity contribution in [3.05, 3.63) is 82.7 Å². The van der Waals surface area contributed by atoms with Gasteiger partial charge in [0.1, 0.15) is 29.4 Å². The first-order valence-corrected chi connectivity index (χ1v) is 8.80. The average Bonchev–Trinajstić information content (AvgIpc) is 3.27. The molecule has 0 radical (unpaired) electrons. The third kappa shape index (κ3) is 3.12. The molecule has 3 N–H and O–H groups in total. The lowest BCUT2D eigenvalue weighted by molar-refractivity contribution is 0.567. The number of benzene rings is 2. The highest BCUT2D eigenvalue weighted by atomic mass is 19.1. The summed E-state index contributed by atoms with van der Waals surface area (Å²) in [7, 11) is 0. The summed E-state index contributed by atoms with van der Waals surface area (Å²) in [6.45, 7) is 0.211. The Balaban J connectivity index is 1.49. The van der Waals surface area contributed by atoms with E-state index in [9.17, 15) is 13.6 Å². The van der Waals surface area contributed by atoms with Crippen molar-refractivity contribution in [3.63, 3.8) is 0 Å². The van der Waals surface area contributed by atoms with Crippen LogP contribution in [0.5, 0.6) is 0 Å². The zero-order valence-corrected chi connectivity index (χ0v) is 14.9. The van der Waals surface area contributed by atoms with Crippen molar-refractivity contribution >= 4 is 33.6 Å². The molecule has 3 aromatic heterocycles. The van der Waals surface area contributed by atoms with Gasteiger partial charge in [-0.2, -0.15) is 0 Å². The highest BCUT2D eigenvalue weighted by molar-refractivity contribution is 5.90. The van der Waals surface area contributed by atoms with E-state index in [0.29, 0.717) is 28.1 Å². The van der Waals surface area contributed by atoms with Crippen LogP contribution in [0.4, 0.5) is 20.3 Å². The van der Waals surface area contributed by atoms with Gasteiger partial charge in [0.15, 0.2) is 0 Å². The van der Waals surface area contributed by atoms with Crippen LogP contribution in [0.1, 0.15) is 5.56 Å². The second-order valence-electron chi connectivity index (χ2n) is 6.60. The van der Waals surface area contributed by atoms with Crippen LogP contribution in [-0.2, 0) is 6.54 Å². The first-order valence-electron chi connectivity index (χ1n) is 8.80. The molecule has 9 heteroatoms. The van der Waals surface area contributed by atoms with Crippen LogP contribution in [0, 0.1) is 11.6 Å². The van der Waals surface area contributed by atoms with Crippen molar-refractivity contribution in [2.75, 3.05) is 5.32 Å². The zero-order chi connectivity index (χ0) is 20.0. The van der Waals surface area contributed by atoms with Gasteiger partial charge in [-0.1, -0.05) is 6.07 Å². The fourth-order valence-corrected chi connectivity index (χ4v) is 3.31. The quantitative estimate of drug-likeness (QED) is 0.435. The number of anilines is 2. The van der Waals surface area contributed by atoms with Gasteiger partial charge in [0.25, 0.3) is 0 Å². The van der Waals surface area contributed by atoms with E-state index in [-0.39, 0.29) is 12.2 Å². The number of imidazole rings is 1. The largest absolute Gasteiger partial charge is 0.340 e. The minimum Gasteiger partial charge on any atom is -0.340 e. The molecule has 2 aromatic carbocycles. The number of nitrogens with one attached hydrogen (secondary N) is 3. The van der Waals surface area contributed by atoms with Gasteiger partial charge in [0.05, 0.1) is 23.0 Å². The third-order valence-electron chi connectivity index (χ3n) is 4.69. The Bertz CT molecular complexity index is 1420. The summed E-state index contributed by atoms with van der Waals surface area (Å²) in [5, 5.41) is 3.97. The highest BCUT2D eigenvalue weighted by Crippen LogP contribution is 2.26. The molecule has 3 heterocycles. The van der Waals surface area contributed by atoms with Gasteiger partial charge >= 0.3 is 5.69 Å². The zero-order valence-electron chi connectivity index (χ0n) is 14.9. The van der Waals surface area contributed by atoms with Crippen LogP contribution in [0.2, 0.25) is 0 Å². The molecule has 7 nitrogen and oxygen atoms in total. The van der Waals surface area contributed by atoms with Crippen molar-refractivity contribution in [1.29, 1.82) is 0 Å². The number of H-pyrrole nitrogens is 2. The molecule has 144 valence electrons. The number of aromatic nitrogens is 5. The van der Waals surface area contributed by atoms with Crippen molar-refractivity contribution < 1.29 is 8.78 Å². The van der Waals surface area contributed by atoms with Crippen LogP contribution >= 0.6 is 0 Å². The minimum atomic E-state index is -0.613. The fraction of sp³-hybridized carbons (Fsp3) is 0.0500. The Morgan fingerprint density at radius 1 is 1.00 bits per heavy atom. The molecule has 0 aliphatic heterocycles. The van der Waals surface area contributed by atoms with Gasteiger partial charge < -0.3 is 19.9 Å². The van der Waals surface area contributed by atoms with Crippen LogP contribution in [0.3, 0.4) is 0 Å². The minimum absolute atomic E-state index is 0.211. The highest BCUT2D eigenvalue weighted by Gasteiger charge is 2.12. The van der Waals surface area contributed by atoms with E-state index in [1.165, 1.54) is 18.5 Å². The molecule has 0 unspecified atom stereocenters. The van der Waals surface area contributed by atoms with E-state index in [1.807, 2.05) is 12.1 Å². The molecular weight excluding hydrogens is 378 g/mol. The monoisotopic (exact) mass is 392 g/mol. The lowest BCUT2D eigenvalue weighted by atomic mass is 10.2. The normalized spacial score (nSPS) is 11.4. The van der Waals surface area contributed by atoms with Gasteiger partial charge in [-0.15, -0.1) is 0 Å². The number of halogens is 2.